The molecule has 1 fully saturated rings. The Hall–Kier alpha value is -0.800. The van der Waals surface area contributed by atoms with E-state index < -0.39 is 0 Å². The first-order valence-electron chi connectivity index (χ1n) is 6.98. The largest absolute Gasteiger partial charge is 0.364 e. The zero-order valence-corrected chi connectivity index (χ0v) is 12.5. The van der Waals surface area contributed by atoms with Gasteiger partial charge in [0, 0.05) is 25.2 Å². The first kappa shape index (κ1) is 14.6. The van der Waals surface area contributed by atoms with E-state index in [1.165, 1.54) is 12.1 Å². The number of hydrogen-bond donors (Lipinski definition) is 1. The van der Waals surface area contributed by atoms with Crippen LogP contribution in [0.4, 0.5) is 10.1 Å². The van der Waals surface area contributed by atoms with Crippen molar-refractivity contribution >= 4 is 17.3 Å². The molecule has 0 spiro atoms. The van der Waals surface area contributed by atoms with Crippen LogP contribution in [0.15, 0.2) is 18.2 Å². The van der Waals surface area contributed by atoms with Crippen LogP contribution in [0.3, 0.4) is 0 Å². The van der Waals surface area contributed by atoms with Gasteiger partial charge < -0.3 is 10.2 Å². The number of halogens is 2. The highest BCUT2D eigenvalue weighted by Crippen LogP contribution is 2.31. The molecule has 19 heavy (non-hydrogen) atoms. The molecule has 2 unspecified atom stereocenters. The van der Waals surface area contributed by atoms with E-state index in [4.69, 9.17) is 11.6 Å². The maximum atomic E-state index is 13.2. The second-order valence-corrected chi connectivity index (χ2v) is 5.98. The highest BCUT2D eigenvalue weighted by Gasteiger charge is 2.30. The van der Waals surface area contributed by atoms with Gasteiger partial charge in [-0.05, 0) is 30.5 Å². The molecule has 0 aromatic heterocycles. The Kier molecular flexibility index (Phi) is 4.69. The Labute approximate surface area is 119 Å². The molecule has 2 rings (SSSR count). The fourth-order valence-electron chi connectivity index (χ4n) is 2.70. The predicted octanol–water partition coefficient (Wildman–Crippen LogP) is 3.69. The van der Waals surface area contributed by atoms with Crippen molar-refractivity contribution < 1.29 is 4.39 Å². The van der Waals surface area contributed by atoms with Gasteiger partial charge in [-0.3, -0.25) is 0 Å². The maximum Gasteiger partial charge on any atom is 0.124 e. The first-order valence-corrected chi connectivity index (χ1v) is 7.35. The van der Waals surface area contributed by atoms with E-state index in [0.29, 0.717) is 23.0 Å². The summed E-state index contributed by atoms with van der Waals surface area (Å²) in [7, 11) is 0. The smallest absolute Gasteiger partial charge is 0.124 e. The van der Waals surface area contributed by atoms with Crippen molar-refractivity contribution in [1.82, 2.24) is 5.32 Å². The average Bonchev–Trinajstić information content (AvgIpc) is 2.38. The van der Waals surface area contributed by atoms with Gasteiger partial charge in [0.1, 0.15) is 5.82 Å². The molecule has 0 saturated carbocycles. The molecule has 0 aliphatic carbocycles. The number of rotatable bonds is 3. The lowest BCUT2D eigenvalue weighted by Gasteiger charge is -2.44. The van der Waals surface area contributed by atoms with Crippen molar-refractivity contribution in [3.8, 4) is 0 Å². The van der Waals surface area contributed by atoms with Crippen LogP contribution in [-0.4, -0.2) is 25.2 Å². The maximum absolute atomic E-state index is 13.2. The fraction of sp³-hybridized carbons (Fsp3) is 0.600. The standard InChI is InChI=1S/C15H22ClFN2/c1-4-12-9-19(15(8-18-12)10(2)3)14-6-5-11(17)7-13(14)16/h5-7,10,12,15,18H,4,8-9H2,1-3H3. The second-order valence-electron chi connectivity index (χ2n) is 5.57. The summed E-state index contributed by atoms with van der Waals surface area (Å²) in [6.45, 7) is 8.47. The molecule has 4 heteroatoms. The molecule has 106 valence electrons. The SMILES string of the molecule is CCC1CN(c2ccc(F)cc2Cl)C(C(C)C)CN1. The number of anilines is 1. The Morgan fingerprint density at radius 3 is 2.79 bits per heavy atom. The summed E-state index contributed by atoms with van der Waals surface area (Å²) in [5.74, 6) is 0.239. The average molecular weight is 285 g/mol. The van der Waals surface area contributed by atoms with Gasteiger partial charge in [-0.15, -0.1) is 0 Å². The summed E-state index contributed by atoms with van der Waals surface area (Å²) >= 11 is 6.22. The zero-order valence-electron chi connectivity index (χ0n) is 11.8. The lowest BCUT2D eigenvalue weighted by Crippen LogP contribution is -2.58. The van der Waals surface area contributed by atoms with Crippen LogP contribution in [-0.2, 0) is 0 Å². The molecule has 1 heterocycles. The van der Waals surface area contributed by atoms with E-state index in [2.05, 4.69) is 31.0 Å². The molecule has 2 nitrogen and oxygen atoms in total. The highest BCUT2D eigenvalue weighted by molar-refractivity contribution is 6.33. The minimum Gasteiger partial charge on any atom is -0.364 e. The number of hydrogen-bond acceptors (Lipinski definition) is 2. The molecule has 1 saturated heterocycles. The third kappa shape index (κ3) is 3.21. The lowest BCUT2D eigenvalue weighted by atomic mass is 9.97. The van der Waals surface area contributed by atoms with Crippen LogP contribution in [0.2, 0.25) is 5.02 Å². The molecule has 0 radical (unpaired) electrons. The second kappa shape index (κ2) is 6.10. The third-order valence-electron chi connectivity index (χ3n) is 3.91. The first-order chi connectivity index (χ1) is 9.02. The number of piperazine rings is 1. The van der Waals surface area contributed by atoms with E-state index in [-0.39, 0.29) is 5.82 Å². The third-order valence-corrected chi connectivity index (χ3v) is 4.22. The molecular formula is C15H22ClFN2. The Morgan fingerprint density at radius 2 is 2.21 bits per heavy atom. The molecule has 1 aromatic rings. The molecule has 2 atom stereocenters. The quantitative estimate of drug-likeness (QED) is 0.911. The summed E-state index contributed by atoms with van der Waals surface area (Å²) in [4.78, 5) is 2.33. The molecule has 1 N–H and O–H groups in total. The minimum absolute atomic E-state index is 0.281. The Morgan fingerprint density at radius 1 is 1.47 bits per heavy atom. The normalized spacial score (nSPS) is 24.0. The van der Waals surface area contributed by atoms with Gasteiger partial charge in [0.2, 0.25) is 0 Å². The van der Waals surface area contributed by atoms with E-state index in [9.17, 15) is 4.39 Å². The van der Waals surface area contributed by atoms with Crippen LogP contribution in [0.1, 0.15) is 27.2 Å². The molecule has 0 amide bonds. The van der Waals surface area contributed by atoms with E-state index in [1.54, 1.807) is 6.07 Å². The number of benzene rings is 1. The molecular weight excluding hydrogens is 263 g/mol. The van der Waals surface area contributed by atoms with Crippen molar-refractivity contribution in [3.05, 3.63) is 29.0 Å². The van der Waals surface area contributed by atoms with Crippen molar-refractivity contribution in [2.45, 2.75) is 39.3 Å². The van der Waals surface area contributed by atoms with Gasteiger partial charge >= 0.3 is 0 Å². The van der Waals surface area contributed by atoms with Crippen molar-refractivity contribution in [2.75, 3.05) is 18.0 Å². The number of nitrogens with zero attached hydrogens (tertiary/aromatic N) is 1. The van der Waals surface area contributed by atoms with Crippen molar-refractivity contribution in [3.63, 3.8) is 0 Å². The van der Waals surface area contributed by atoms with Gasteiger partial charge in [0.05, 0.1) is 10.7 Å². The zero-order chi connectivity index (χ0) is 14.0. The summed E-state index contributed by atoms with van der Waals surface area (Å²) in [6, 6.07) is 5.55. The topological polar surface area (TPSA) is 15.3 Å². The lowest BCUT2D eigenvalue weighted by molar-refractivity contribution is 0.333. The molecule has 1 aliphatic heterocycles. The number of nitrogens with one attached hydrogen (secondary N) is 1. The van der Waals surface area contributed by atoms with Crippen molar-refractivity contribution in [2.24, 2.45) is 5.92 Å². The Bertz CT molecular complexity index is 436. The van der Waals surface area contributed by atoms with Crippen LogP contribution in [0.25, 0.3) is 0 Å². The van der Waals surface area contributed by atoms with Gasteiger partial charge in [-0.25, -0.2) is 4.39 Å². The van der Waals surface area contributed by atoms with E-state index in [0.717, 1.165) is 25.2 Å². The summed E-state index contributed by atoms with van der Waals surface area (Å²) in [6.07, 6.45) is 1.08. The monoisotopic (exact) mass is 284 g/mol. The van der Waals surface area contributed by atoms with Gasteiger partial charge in [-0.1, -0.05) is 32.4 Å². The minimum atomic E-state index is -0.281. The summed E-state index contributed by atoms with van der Waals surface area (Å²) < 4.78 is 13.2. The van der Waals surface area contributed by atoms with E-state index in [1.807, 2.05) is 0 Å². The predicted molar refractivity (Wildman–Crippen MR) is 79.5 cm³/mol. The van der Waals surface area contributed by atoms with Crippen LogP contribution in [0.5, 0.6) is 0 Å². The van der Waals surface area contributed by atoms with Crippen LogP contribution >= 0.6 is 11.6 Å². The highest BCUT2D eigenvalue weighted by atomic mass is 35.5. The molecule has 1 aromatic carbocycles. The van der Waals surface area contributed by atoms with Gasteiger partial charge in [0.15, 0.2) is 0 Å². The fourth-order valence-corrected chi connectivity index (χ4v) is 2.97. The van der Waals surface area contributed by atoms with Gasteiger partial charge in [0.25, 0.3) is 0 Å². The molecule has 1 aliphatic rings. The van der Waals surface area contributed by atoms with E-state index >= 15 is 0 Å². The Balaban J connectivity index is 2.30. The van der Waals surface area contributed by atoms with Crippen LogP contribution < -0.4 is 10.2 Å². The molecule has 0 bridgehead atoms. The van der Waals surface area contributed by atoms with Crippen molar-refractivity contribution in [1.29, 1.82) is 0 Å². The van der Waals surface area contributed by atoms with Gasteiger partial charge in [-0.2, -0.15) is 0 Å². The summed E-state index contributed by atoms with van der Waals surface area (Å²) in [5.41, 5.74) is 0.946. The summed E-state index contributed by atoms with van der Waals surface area (Å²) in [5, 5.41) is 4.07. The van der Waals surface area contributed by atoms with Crippen LogP contribution in [0, 0.1) is 11.7 Å².